The van der Waals surface area contributed by atoms with Gasteiger partial charge in [0.1, 0.15) is 0 Å². The van der Waals surface area contributed by atoms with Gasteiger partial charge in [-0.05, 0) is 50.4 Å². The van der Waals surface area contributed by atoms with Crippen molar-refractivity contribution in [2.45, 2.75) is 91.8 Å². The molecule has 1 fully saturated rings. The maximum Gasteiger partial charge on any atom is 0.0609 e. The van der Waals surface area contributed by atoms with Crippen molar-refractivity contribution in [1.82, 2.24) is 0 Å². The Kier molecular flexibility index (Phi) is 7.29. The van der Waals surface area contributed by atoms with Crippen LogP contribution in [-0.4, -0.2) is 12.2 Å². The normalized spacial score (nSPS) is 27.7. The molecule has 4 unspecified atom stereocenters. The molecule has 0 N–H and O–H groups in total. The van der Waals surface area contributed by atoms with Crippen molar-refractivity contribution >= 4 is 0 Å². The topological polar surface area (TPSA) is 9.23 Å². The van der Waals surface area contributed by atoms with Gasteiger partial charge in [-0.2, -0.15) is 0 Å². The number of hydrogen-bond acceptors (Lipinski definition) is 1. The second kappa shape index (κ2) is 8.19. The van der Waals surface area contributed by atoms with Gasteiger partial charge in [0, 0.05) is 0 Å². The molecule has 0 bridgehead atoms. The summed E-state index contributed by atoms with van der Waals surface area (Å²) in [5.74, 6) is 2.53. The summed E-state index contributed by atoms with van der Waals surface area (Å²) in [6, 6.07) is 0. The summed E-state index contributed by atoms with van der Waals surface area (Å²) in [7, 11) is 0. The molecule has 1 nitrogen and oxygen atoms in total. The fourth-order valence-corrected chi connectivity index (χ4v) is 3.69. The van der Waals surface area contributed by atoms with Gasteiger partial charge in [0.2, 0.25) is 0 Å². The van der Waals surface area contributed by atoms with E-state index < -0.39 is 0 Å². The van der Waals surface area contributed by atoms with Crippen molar-refractivity contribution in [3.63, 3.8) is 0 Å². The summed E-state index contributed by atoms with van der Waals surface area (Å²) in [6.45, 7) is 11.6. The number of hydrogen-bond donors (Lipinski definition) is 0. The highest BCUT2D eigenvalue weighted by Crippen LogP contribution is 2.39. The SMILES string of the molecule is CCCC(C)OC1CCCC1C(CC)CC(C)C. The molecule has 0 heterocycles. The molecule has 1 saturated carbocycles. The zero-order valence-corrected chi connectivity index (χ0v) is 13.2. The van der Waals surface area contributed by atoms with E-state index in [0.717, 1.165) is 17.8 Å². The molecule has 0 radical (unpaired) electrons. The molecule has 0 aromatic carbocycles. The first-order chi connectivity index (χ1) is 8.58. The van der Waals surface area contributed by atoms with E-state index in [4.69, 9.17) is 4.74 Å². The van der Waals surface area contributed by atoms with Gasteiger partial charge < -0.3 is 4.74 Å². The van der Waals surface area contributed by atoms with E-state index in [1.807, 2.05) is 0 Å². The molecule has 0 aromatic rings. The van der Waals surface area contributed by atoms with Crippen LogP contribution in [0.1, 0.15) is 79.6 Å². The van der Waals surface area contributed by atoms with E-state index in [2.05, 4.69) is 34.6 Å². The summed E-state index contributed by atoms with van der Waals surface area (Å²) in [6.07, 6.45) is 10.2. The smallest absolute Gasteiger partial charge is 0.0609 e. The molecular weight excluding hydrogens is 220 g/mol. The van der Waals surface area contributed by atoms with E-state index >= 15 is 0 Å². The average molecular weight is 254 g/mol. The first-order valence-electron chi connectivity index (χ1n) is 8.23. The zero-order valence-electron chi connectivity index (χ0n) is 13.2. The van der Waals surface area contributed by atoms with Crippen molar-refractivity contribution in [3.8, 4) is 0 Å². The molecule has 108 valence electrons. The fraction of sp³-hybridized carbons (Fsp3) is 1.00. The largest absolute Gasteiger partial charge is 0.375 e. The summed E-state index contributed by atoms with van der Waals surface area (Å²) in [5.41, 5.74) is 0. The molecule has 0 aromatic heterocycles. The van der Waals surface area contributed by atoms with E-state index in [1.165, 1.54) is 44.9 Å². The summed E-state index contributed by atoms with van der Waals surface area (Å²) in [5, 5.41) is 0. The van der Waals surface area contributed by atoms with E-state index in [9.17, 15) is 0 Å². The van der Waals surface area contributed by atoms with Gasteiger partial charge in [-0.1, -0.05) is 47.0 Å². The standard InChI is InChI=1S/C17H34O/c1-6-9-14(5)18-17-11-8-10-16(17)15(7-2)12-13(3)4/h13-17H,6-12H2,1-5H3. The van der Waals surface area contributed by atoms with Crippen LogP contribution in [0.3, 0.4) is 0 Å². The Morgan fingerprint density at radius 2 is 1.83 bits per heavy atom. The van der Waals surface area contributed by atoms with Crippen molar-refractivity contribution in [2.75, 3.05) is 0 Å². The summed E-state index contributed by atoms with van der Waals surface area (Å²) in [4.78, 5) is 0. The predicted molar refractivity (Wildman–Crippen MR) is 79.8 cm³/mol. The summed E-state index contributed by atoms with van der Waals surface area (Å²) < 4.78 is 6.33. The Labute approximate surface area is 115 Å². The molecule has 18 heavy (non-hydrogen) atoms. The lowest BCUT2D eigenvalue weighted by Gasteiger charge is -2.31. The van der Waals surface area contributed by atoms with Gasteiger partial charge in [0.05, 0.1) is 12.2 Å². The van der Waals surface area contributed by atoms with Crippen LogP contribution >= 0.6 is 0 Å². The summed E-state index contributed by atoms with van der Waals surface area (Å²) >= 11 is 0. The van der Waals surface area contributed by atoms with Crippen LogP contribution in [0.15, 0.2) is 0 Å². The van der Waals surface area contributed by atoms with Crippen molar-refractivity contribution in [2.24, 2.45) is 17.8 Å². The van der Waals surface area contributed by atoms with Crippen LogP contribution in [0.5, 0.6) is 0 Å². The highest BCUT2D eigenvalue weighted by Gasteiger charge is 2.34. The maximum atomic E-state index is 6.33. The molecule has 1 aliphatic rings. The van der Waals surface area contributed by atoms with Crippen LogP contribution in [-0.2, 0) is 4.74 Å². The lowest BCUT2D eigenvalue weighted by molar-refractivity contribution is -0.0409. The Morgan fingerprint density at radius 1 is 1.11 bits per heavy atom. The van der Waals surface area contributed by atoms with E-state index in [-0.39, 0.29) is 0 Å². The Bertz CT molecular complexity index is 212. The zero-order chi connectivity index (χ0) is 13.5. The predicted octanol–water partition coefficient (Wildman–Crippen LogP) is 5.43. The quantitative estimate of drug-likeness (QED) is 0.561. The lowest BCUT2D eigenvalue weighted by atomic mass is 9.81. The third kappa shape index (κ3) is 4.91. The van der Waals surface area contributed by atoms with Gasteiger partial charge in [-0.3, -0.25) is 0 Å². The molecule has 1 heteroatoms. The van der Waals surface area contributed by atoms with Gasteiger partial charge in [-0.25, -0.2) is 0 Å². The minimum Gasteiger partial charge on any atom is -0.375 e. The first-order valence-corrected chi connectivity index (χ1v) is 8.23. The number of rotatable bonds is 8. The molecule has 0 amide bonds. The van der Waals surface area contributed by atoms with Crippen LogP contribution in [0.4, 0.5) is 0 Å². The van der Waals surface area contributed by atoms with Gasteiger partial charge in [0.25, 0.3) is 0 Å². The Morgan fingerprint density at radius 3 is 2.39 bits per heavy atom. The molecule has 1 aliphatic carbocycles. The van der Waals surface area contributed by atoms with Crippen LogP contribution < -0.4 is 0 Å². The second-order valence-electron chi connectivity index (χ2n) is 6.67. The lowest BCUT2D eigenvalue weighted by Crippen LogP contribution is -2.29. The highest BCUT2D eigenvalue weighted by atomic mass is 16.5. The monoisotopic (exact) mass is 254 g/mol. The second-order valence-corrected chi connectivity index (χ2v) is 6.67. The molecule has 1 rings (SSSR count). The third-order valence-corrected chi connectivity index (χ3v) is 4.51. The first kappa shape index (κ1) is 16.0. The fourth-order valence-electron chi connectivity index (χ4n) is 3.69. The van der Waals surface area contributed by atoms with Crippen molar-refractivity contribution < 1.29 is 4.74 Å². The third-order valence-electron chi connectivity index (χ3n) is 4.51. The van der Waals surface area contributed by atoms with E-state index in [1.54, 1.807) is 0 Å². The molecule has 0 saturated heterocycles. The minimum absolute atomic E-state index is 0.456. The average Bonchev–Trinajstić information content (AvgIpc) is 2.74. The van der Waals surface area contributed by atoms with Gasteiger partial charge in [-0.15, -0.1) is 0 Å². The van der Waals surface area contributed by atoms with Crippen molar-refractivity contribution in [1.29, 1.82) is 0 Å². The molecule has 4 atom stereocenters. The Balaban J connectivity index is 2.51. The van der Waals surface area contributed by atoms with E-state index in [0.29, 0.717) is 12.2 Å². The Hall–Kier alpha value is -0.0400. The minimum atomic E-state index is 0.456. The molecule has 0 spiro atoms. The van der Waals surface area contributed by atoms with Crippen LogP contribution in [0, 0.1) is 17.8 Å². The van der Waals surface area contributed by atoms with Crippen LogP contribution in [0.2, 0.25) is 0 Å². The van der Waals surface area contributed by atoms with Gasteiger partial charge in [0.15, 0.2) is 0 Å². The maximum absolute atomic E-state index is 6.33. The highest BCUT2D eigenvalue weighted by molar-refractivity contribution is 4.84. The number of ether oxygens (including phenoxy) is 1. The van der Waals surface area contributed by atoms with Gasteiger partial charge >= 0.3 is 0 Å². The van der Waals surface area contributed by atoms with Crippen LogP contribution in [0.25, 0.3) is 0 Å². The van der Waals surface area contributed by atoms with Crippen molar-refractivity contribution in [3.05, 3.63) is 0 Å². The molecular formula is C17H34O. The molecule has 0 aliphatic heterocycles.